The normalized spacial score (nSPS) is 10.4. The number of rotatable bonds is 3. The standard InChI is InChI=1S/C12H13BrN2S/c1-8-3-10(6-14-5-8)15-7-11-4-12(13)9(2)16-11/h3-6,15H,7H2,1-2H3. The molecule has 0 saturated carbocycles. The van der Waals surface area contributed by atoms with E-state index >= 15 is 0 Å². The quantitative estimate of drug-likeness (QED) is 0.921. The van der Waals surface area contributed by atoms with Crippen LogP contribution in [-0.2, 0) is 6.54 Å². The molecule has 2 heterocycles. The molecule has 2 aromatic heterocycles. The van der Waals surface area contributed by atoms with Gasteiger partial charge in [0.1, 0.15) is 0 Å². The van der Waals surface area contributed by atoms with Gasteiger partial charge in [0.2, 0.25) is 0 Å². The molecule has 2 aromatic rings. The highest BCUT2D eigenvalue weighted by molar-refractivity contribution is 9.10. The lowest BCUT2D eigenvalue weighted by molar-refractivity contribution is 1.16. The second-order valence-electron chi connectivity index (χ2n) is 3.72. The van der Waals surface area contributed by atoms with Crippen molar-refractivity contribution in [2.75, 3.05) is 5.32 Å². The summed E-state index contributed by atoms with van der Waals surface area (Å²) in [5.74, 6) is 0. The first-order valence-electron chi connectivity index (χ1n) is 5.05. The van der Waals surface area contributed by atoms with Gasteiger partial charge in [-0.3, -0.25) is 4.98 Å². The third-order valence-electron chi connectivity index (χ3n) is 2.25. The van der Waals surface area contributed by atoms with Crippen LogP contribution in [0, 0.1) is 13.8 Å². The highest BCUT2D eigenvalue weighted by Crippen LogP contribution is 2.26. The molecule has 0 fully saturated rings. The van der Waals surface area contributed by atoms with E-state index in [0.29, 0.717) is 0 Å². The van der Waals surface area contributed by atoms with Crippen LogP contribution >= 0.6 is 27.3 Å². The fourth-order valence-corrected chi connectivity index (χ4v) is 2.99. The molecule has 0 unspecified atom stereocenters. The number of aryl methyl sites for hydroxylation is 2. The van der Waals surface area contributed by atoms with Crippen molar-refractivity contribution in [2.45, 2.75) is 20.4 Å². The largest absolute Gasteiger partial charge is 0.379 e. The Kier molecular flexibility index (Phi) is 3.61. The number of hydrogen-bond acceptors (Lipinski definition) is 3. The molecule has 1 N–H and O–H groups in total. The highest BCUT2D eigenvalue weighted by atomic mass is 79.9. The predicted molar refractivity (Wildman–Crippen MR) is 73.1 cm³/mol. The van der Waals surface area contributed by atoms with E-state index in [2.05, 4.69) is 45.3 Å². The zero-order valence-corrected chi connectivity index (χ0v) is 11.7. The summed E-state index contributed by atoms with van der Waals surface area (Å²) in [7, 11) is 0. The van der Waals surface area contributed by atoms with Gasteiger partial charge >= 0.3 is 0 Å². The van der Waals surface area contributed by atoms with Gasteiger partial charge < -0.3 is 5.32 Å². The molecule has 2 nitrogen and oxygen atoms in total. The van der Waals surface area contributed by atoms with Crippen molar-refractivity contribution >= 4 is 33.0 Å². The third-order valence-corrected chi connectivity index (χ3v) is 4.39. The Labute approximate surface area is 108 Å². The summed E-state index contributed by atoms with van der Waals surface area (Å²) in [5.41, 5.74) is 2.25. The number of nitrogens with one attached hydrogen (secondary N) is 1. The summed E-state index contributed by atoms with van der Waals surface area (Å²) < 4.78 is 1.19. The van der Waals surface area contributed by atoms with Crippen LogP contribution in [-0.4, -0.2) is 4.98 Å². The van der Waals surface area contributed by atoms with E-state index in [4.69, 9.17) is 0 Å². The molecule has 0 amide bonds. The zero-order valence-electron chi connectivity index (χ0n) is 9.25. The second-order valence-corrected chi connectivity index (χ2v) is 5.92. The first-order chi connectivity index (χ1) is 7.65. The number of pyridine rings is 1. The summed E-state index contributed by atoms with van der Waals surface area (Å²) in [5, 5.41) is 3.37. The van der Waals surface area contributed by atoms with Crippen LogP contribution in [0.1, 0.15) is 15.3 Å². The van der Waals surface area contributed by atoms with Crippen molar-refractivity contribution in [2.24, 2.45) is 0 Å². The van der Waals surface area contributed by atoms with Crippen LogP contribution in [0.5, 0.6) is 0 Å². The van der Waals surface area contributed by atoms with Gasteiger partial charge in [-0.25, -0.2) is 0 Å². The fourth-order valence-electron chi connectivity index (χ4n) is 1.45. The number of aromatic nitrogens is 1. The smallest absolute Gasteiger partial charge is 0.0532 e. The third kappa shape index (κ3) is 2.83. The van der Waals surface area contributed by atoms with E-state index in [1.54, 1.807) is 0 Å². The van der Waals surface area contributed by atoms with Crippen molar-refractivity contribution in [3.63, 3.8) is 0 Å². The van der Waals surface area contributed by atoms with Gasteiger partial charge in [0.15, 0.2) is 0 Å². The minimum atomic E-state index is 0.849. The van der Waals surface area contributed by atoms with E-state index < -0.39 is 0 Å². The SMILES string of the molecule is Cc1cncc(NCc2cc(Br)c(C)s2)c1. The molecule has 2 rings (SSSR count). The number of anilines is 1. The molecule has 0 bridgehead atoms. The number of hydrogen-bond donors (Lipinski definition) is 1. The van der Waals surface area contributed by atoms with E-state index in [0.717, 1.165) is 12.2 Å². The molecule has 84 valence electrons. The predicted octanol–water partition coefficient (Wildman–Crippen LogP) is 4.13. The molecule has 0 spiro atoms. The molecule has 0 aromatic carbocycles. The van der Waals surface area contributed by atoms with Crippen LogP contribution in [0.4, 0.5) is 5.69 Å². The molecule has 0 saturated heterocycles. The first kappa shape index (κ1) is 11.6. The summed E-state index contributed by atoms with van der Waals surface area (Å²) in [4.78, 5) is 6.79. The summed E-state index contributed by atoms with van der Waals surface area (Å²) in [6.07, 6.45) is 3.71. The Morgan fingerprint density at radius 3 is 2.75 bits per heavy atom. The fraction of sp³-hybridized carbons (Fsp3) is 0.250. The molecular formula is C12H13BrN2S. The maximum absolute atomic E-state index is 4.15. The first-order valence-corrected chi connectivity index (χ1v) is 6.66. The van der Waals surface area contributed by atoms with Crippen molar-refractivity contribution in [1.29, 1.82) is 0 Å². The topological polar surface area (TPSA) is 24.9 Å². The highest BCUT2D eigenvalue weighted by Gasteiger charge is 2.02. The Balaban J connectivity index is 2.02. The van der Waals surface area contributed by atoms with Gasteiger partial charge in [-0.2, -0.15) is 0 Å². The van der Waals surface area contributed by atoms with Gasteiger partial charge in [0.05, 0.1) is 5.69 Å². The lowest BCUT2D eigenvalue weighted by Gasteiger charge is -2.04. The zero-order chi connectivity index (χ0) is 11.5. The van der Waals surface area contributed by atoms with Gasteiger partial charge in [0.25, 0.3) is 0 Å². The Hall–Kier alpha value is -0.870. The molecule has 0 aliphatic carbocycles. The average molecular weight is 297 g/mol. The van der Waals surface area contributed by atoms with Crippen molar-refractivity contribution < 1.29 is 0 Å². The Morgan fingerprint density at radius 1 is 1.31 bits per heavy atom. The van der Waals surface area contributed by atoms with E-state index in [-0.39, 0.29) is 0 Å². The minimum absolute atomic E-state index is 0.849. The monoisotopic (exact) mass is 296 g/mol. The molecule has 0 atom stereocenters. The molecular weight excluding hydrogens is 284 g/mol. The number of nitrogens with zero attached hydrogens (tertiary/aromatic N) is 1. The summed E-state index contributed by atoms with van der Waals surface area (Å²) >= 11 is 5.33. The van der Waals surface area contributed by atoms with Crippen LogP contribution in [0.25, 0.3) is 0 Å². The van der Waals surface area contributed by atoms with Crippen LogP contribution < -0.4 is 5.32 Å². The molecule has 16 heavy (non-hydrogen) atoms. The van der Waals surface area contributed by atoms with Crippen LogP contribution in [0.15, 0.2) is 29.0 Å². The van der Waals surface area contributed by atoms with Crippen molar-refractivity contribution in [1.82, 2.24) is 4.98 Å². The number of halogens is 1. The maximum Gasteiger partial charge on any atom is 0.0532 e. The lowest BCUT2D eigenvalue weighted by Crippen LogP contribution is -1.97. The average Bonchev–Trinajstić information content (AvgIpc) is 2.56. The van der Waals surface area contributed by atoms with Gasteiger partial charge in [0, 0.05) is 33.2 Å². The molecule has 0 radical (unpaired) electrons. The van der Waals surface area contributed by atoms with Gasteiger partial charge in [-0.1, -0.05) is 0 Å². The summed E-state index contributed by atoms with van der Waals surface area (Å²) in [6, 6.07) is 4.26. The molecule has 0 aliphatic heterocycles. The Bertz CT molecular complexity index is 474. The van der Waals surface area contributed by atoms with E-state index in [9.17, 15) is 0 Å². The molecule has 4 heteroatoms. The maximum atomic E-state index is 4.15. The van der Waals surface area contributed by atoms with Crippen molar-refractivity contribution in [3.8, 4) is 0 Å². The number of thiophene rings is 1. The minimum Gasteiger partial charge on any atom is -0.379 e. The van der Waals surface area contributed by atoms with E-state index in [1.165, 1.54) is 19.8 Å². The second kappa shape index (κ2) is 4.97. The lowest BCUT2D eigenvalue weighted by atomic mass is 10.3. The van der Waals surface area contributed by atoms with Crippen molar-refractivity contribution in [3.05, 3.63) is 44.3 Å². The van der Waals surface area contributed by atoms with Gasteiger partial charge in [-0.15, -0.1) is 11.3 Å². The van der Waals surface area contributed by atoms with Crippen LogP contribution in [0.3, 0.4) is 0 Å². The Morgan fingerprint density at radius 2 is 2.12 bits per heavy atom. The van der Waals surface area contributed by atoms with Crippen LogP contribution in [0.2, 0.25) is 0 Å². The van der Waals surface area contributed by atoms with Gasteiger partial charge in [-0.05, 0) is 47.5 Å². The summed E-state index contributed by atoms with van der Waals surface area (Å²) in [6.45, 7) is 5.01. The van der Waals surface area contributed by atoms with E-state index in [1.807, 2.05) is 30.7 Å². The molecule has 0 aliphatic rings.